The smallest absolute Gasteiger partial charge is 0.405 e. The zero-order chi connectivity index (χ0) is 12.2. The number of ether oxygens (including phenoxy) is 1. The van der Waals surface area contributed by atoms with Crippen molar-refractivity contribution in [2.45, 2.75) is 18.9 Å². The summed E-state index contributed by atoms with van der Waals surface area (Å²) in [6.45, 7) is 1.70. The fraction of sp³-hybridized carbons (Fsp3) is 0.273. The highest BCUT2D eigenvalue weighted by Gasteiger charge is 2.40. The molecule has 1 aromatic carbocycles. The number of primary amides is 2. The molecule has 86 valence electrons. The summed E-state index contributed by atoms with van der Waals surface area (Å²) >= 11 is 0. The van der Waals surface area contributed by atoms with Crippen LogP contribution in [0.3, 0.4) is 0 Å². The van der Waals surface area contributed by atoms with E-state index in [9.17, 15) is 9.59 Å². The van der Waals surface area contributed by atoms with Crippen LogP contribution in [0, 0.1) is 0 Å². The molecule has 0 fully saturated rings. The van der Waals surface area contributed by atoms with Crippen molar-refractivity contribution in [2.24, 2.45) is 11.5 Å². The van der Waals surface area contributed by atoms with E-state index >= 15 is 0 Å². The average molecular weight is 222 g/mol. The summed E-state index contributed by atoms with van der Waals surface area (Å²) in [7, 11) is 0. The number of nitrogens with two attached hydrogens (primary N) is 2. The molecule has 5 nitrogen and oxygen atoms in total. The minimum atomic E-state index is -1.48. The molecule has 0 saturated carbocycles. The fourth-order valence-corrected chi connectivity index (χ4v) is 1.58. The van der Waals surface area contributed by atoms with Crippen molar-refractivity contribution in [1.82, 2.24) is 0 Å². The van der Waals surface area contributed by atoms with Gasteiger partial charge in [0.2, 0.25) is 5.60 Å². The number of rotatable bonds is 4. The first-order chi connectivity index (χ1) is 7.53. The van der Waals surface area contributed by atoms with Crippen LogP contribution >= 0.6 is 0 Å². The van der Waals surface area contributed by atoms with Crippen LogP contribution in [-0.4, -0.2) is 12.0 Å². The highest BCUT2D eigenvalue weighted by Crippen LogP contribution is 2.29. The Hall–Kier alpha value is -2.04. The molecule has 0 aliphatic heterocycles. The molecule has 0 aromatic heterocycles. The summed E-state index contributed by atoms with van der Waals surface area (Å²) in [6.07, 6.45) is -0.792. The van der Waals surface area contributed by atoms with Gasteiger partial charge in [0.1, 0.15) is 0 Å². The van der Waals surface area contributed by atoms with Crippen molar-refractivity contribution in [2.75, 3.05) is 0 Å². The molecule has 0 radical (unpaired) electrons. The van der Waals surface area contributed by atoms with Gasteiger partial charge in [-0.15, -0.1) is 0 Å². The predicted molar refractivity (Wildman–Crippen MR) is 58.3 cm³/mol. The number of hydrogen-bond acceptors (Lipinski definition) is 3. The Balaban J connectivity index is 3.23. The van der Waals surface area contributed by atoms with E-state index in [-0.39, 0.29) is 6.42 Å². The monoisotopic (exact) mass is 222 g/mol. The molecule has 0 heterocycles. The van der Waals surface area contributed by atoms with Crippen LogP contribution in [0.1, 0.15) is 18.9 Å². The summed E-state index contributed by atoms with van der Waals surface area (Å²) < 4.78 is 4.90. The van der Waals surface area contributed by atoms with Crippen LogP contribution in [0.4, 0.5) is 4.79 Å². The van der Waals surface area contributed by atoms with Gasteiger partial charge in [-0.25, -0.2) is 4.79 Å². The maximum atomic E-state index is 11.5. The lowest BCUT2D eigenvalue weighted by Gasteiger charge is -2.28. The third-order valence-electron chi connectivity index (χ3n) is 2.41. The molecule has 1 atom stereocenters. The van der Waals surface area contributed by atoms with E-state index in [4.69, 9.17) is 16.2 Å². The Morgan fingerprint density at radius 2 is 1.81 bits per heavy atom. The summed E-state index contributed by atoms with van der Waals surface area (Å²) in [5.41, 5.74) is 9.29. The van der Waals surface area contributed by atoms with Gasteiger partial charge in [-0.1, -0.05) is 37.3 Å². The van der Waals surface area contributed by atoms with Crippen molar-refractivity contribution in [1.29, 1.82) is 0 Å². The van der Waals surface area contributed by atoms with E-state index in [1.807, 2.05) is 0 Å². The lowest BCUT2D eigenvalue weighted by atomic mass is 9.90. The number of carbonyl (C=O) groups excluding carboxylic acids is 2. The zero-order valence-electron chi connectivity index (χ0n) is 8.97. The van der Waals surface area contributed by atoms with E-state index in [1.54, 1.807) is 37.3 Å². The molecule has 0 aliphatic carbocycles. The molecule has 0 spiro atoms. The van der Waals surface area contributed by atoms with Gasteiger partial charge in [-0.2, -0.15) is 0 Å². The van der Waals surface area contributed by atoms with Crippen LogP contribution in [0.2, 0.25) is 0 Å². The predicted octanol–water partition coefficient (Wildman–Crippen LogP) is 0.873. The summed E-state index contributed by atoms with van der Waals surface area (Å²) in [6, 6.07) is 8.57. The van der Waals surface area contributed by atoms with Crippen LogP contribution in [0.15, 0.2) is 30.3 Å². The molecule has 16 heavy (non-hydrogen) atoms. The second-order valence-electron chi connectivity index (χ2n) is 3.33. The molecule has 1 unspecified atom stereocenters. The maximum absolute atomic E-state index is 11.5. The molecule has 1 aromatic rings. The molecule has 0 bridgehead atoms. The summed E-state index contributed by atoms with van der Waals surface area (Å²) in [5, 5.41) is 0. The van der Waals surface area contributed by atoms with Gasteiger partial charge < -0.3 is 16.2 Å². The van der Waals surface area contributed by atoms with Crippen molar-refractivity contribution in [3.8, 4) is 0 Å². The van der Waals surface area contributed by atoms with Crippen LogP contribution < -0.4 is 11.5 Å². The van der Waals surface area contributed by atoms with E-state index < -0.39 is 17.6 Å². The molecular formula is C11H14N2O3. The molecule has 5 heteroatoms. The van der Waals surface area contributed by atoms with Gasteiger partial charge in [0, 0.05) is 5.56 Å². The first-order valence-corrected chi connectivity index (χ1v) is 4.87. The highest BCUT2D eigenvalue weighted by molar-refractivity contribution is 5.87. The number of amides is 2. The Morgan fingerprint density at radius 3 is 2.19 bits per heavy atom. The third kappa shape index (κ3) is 2.13. The Morgan fingerprint density at radius 1 is 1.25 bits per heavy atom. The normalized spacial score (nSPS) is 13.8. The molecular weight excluding hydrogens is 208 g/mol. The quantitative estimate of drug-likeness (QED) is 0.791. The third-order valence-corrected chi connectivity index (χ3v) is 2.41. The first kappa shape index (κ1) is 12.0. The van der Waals surface area contributed by atoms with Crippen LogP contribution in [0.25, 0.3) is 0 Å². The molecule has 0 aliphatic rings. The number of carbonyl (C=O) groups is 2. The van der Waals surface area contributed by atoms with Gasteiger partial charge in [-0.05, 0) is 6.42 Å². The number of hydrogen-bond donors (Lipinski definition) is 2. The summed E-state index contributed by atoms with van der Waals surface area (Å²) in [4.78, 5) is 22.3. The maximum Gasteiger partial charge on any atom is 0.405 e. The Kier molecular flexibility index (Phi) is 3.50. The fourth-order valence-electron chi connectivity index (χ4n) is 1.58. The van der Waals surface area contributed by atoms with E-state index in [0.29, 0.717) is 5.56 Å². The minimum absolute atomic E-state index is 0.231. The van der Waals surface area contributed by atoms with Crippen molar-refractivity contribution < 1.29 is 14.3 Å². The SMILES string of the molecule is CCC(OC(N)=O)(C(N)=O)c1ccccc1. The van der Waals surface area contributed by atoms with Crippen molar-refractivity contribution in [3.05, 3.63) is 35.9 Å². The molecule has 1 rings (SSSR count). The zero-order valence-corrected chi connectivity index (χ0v) is 8.97. The molecule has 4 N–H and O–H groups in total. The largest absolute Gasteiger partial charge is 0.428 e. The topological polar surface area (TPSA) is 95.4 Å². The number of benzene rings is 1. The van der Waals surface area contributed by atoms with Gasteiger partial charge in [0.15, 0.2) is 0 Å². The van der Waals surface area contributed by atoms with Gasteiger partial charge in [0.05, 0.1) is 0 Å². The van der Waals surface area contributed by atoms with Crippen molar-refractivity contribution >= 4 is 12.0 Å². The van der Waals surface area contributed by atoms with E-state index in [0.717, 1.165) is 0 Å². The Bertz CT molecular complexity index is 391. The Labute approximate surface area is 93.4 Å². The minimum Gasteiger partial charge on any atom is -0.428 e. The molecule has 0 saturated heterocycles. The van der Waals surface area contributed by atoms with Crippen LogP contribution in [0.5, 0.6) is 0 Å². The lowest BCUT2D eigenvalue weighted by Crippen LogP contribution is -2.45. The average Bonchev–Trinajstić information content (AvgIpc) is 2.26. The van der Waals surface area contributed by atoms with E-state index in [2.05, 4.69) is 0 Å². The van der Waals surface area contributed by atoms with Crippen molar-refractivity contribution in [3.63, 3.8) is 0 Å². The standard InChI is InChI=1S/C11H14N2O3/c1-2-11(9(12)14,16-10(13)15)8-6-4-3-5-7-8/h3-7H,2H2,1H3,(H2,12,14)(H2,13,15). The second kappa shape index (κ2) is 4.65. The lowest BCUT2D eigenvalue weighted by molar-refractivity contribution is -0.137. The first-order valence-electron chi connectivity index (χ1n) is 4.87. The highest BCUT2D eigenvalue weighted by atomic mass is 16.6. The summed E-state index contributed by atoms with van der Waals surface area (Å²) in [5.74, 6) is -0.736. The molecule has 2 amide bonds. The van der Waals surface area contributed by atoms with Gasteiger partial charge in [-0.3, -0.25) is 4.79 Å². The van der Waals surface area contributed by atoms with Crippen LogP contribution in [-0.2, 0) is 15.1 Å². The second-order valence-corrected chi connectivity index (χ2v) is 3.33. The van der Waals surface area contributed by atoms with Gasteiger partial charge in [0.25, 0.3) is 5.91 Å². The van der Waals surface area contributed by atoms with E-state index in [1.165, 1.54) is 0 Å². The van der Waals surface area contributed by atoms with Gasteiger partial charge >= 0.3 is 6.09 Å².